The molecule has 1 rings (SSSR count). The van der Waals surface area contributed by atoms with Gasteiger partial charge in [-0.1, -0.05) is 42.0 Å². The van der Waals surface area contributed by atoms with Gasteiger partial charge in [-0.2, -0.15) is 0 Å². The van der Waals surface area contributed by atoms with Crippen LogP contribution in [0.4, 0.5) is 0 Å². The zero-order chi connectivity index (χ0) is 15.7. The van der Waals surface area contributed by atoms with Gasteiger partial charge in [0.25, 0.3) is 0 Å². The normalized spacial score (nSPS) is 20.1. The summed E-state index contributed by atoms with van der Waals surface area (Å²) in [5, 5.41) is 8.25. The molecule has 5 nitrogen and oxygen atoms in total. The SMILES string of the molecule is COC1=CC(=O)O[C@H](/C=C/C=C/C=C/C=C(\Cl)C(=O)O)C1. The largest absolute Gasteiger partial charge is 0.501 e. The van der Waals surface area contributed by atoms with Gasteiger partial charge >= 0.3 is 11.9 Å². The Balaban J connectivity index is 2.45. The lowest BCUT2D eigenvalue weighted by molar-refractivity contribution is -0.142. The maximum Gasteiger partial charge on any atom is 0.347 e. The summed E-state index contributed by atoms with van der Waals surface area (Å²) >= 11 is 5.41. The molecule has 0 aromatic rings. The highest BCUT2D eigenvalue weighted by Crippen LogP contribution is 2.16. The maximum absolute atomic E-state index is 11.2. The molecule has 1 atom stereocenters. The minimum Gasteiger partial charge on any atom is -0.501 e. The number of ether oxygens (including phenoxy) is 2. The lowest BCUT2D eigenvalue weighted by Gasteiger charge is -2.19. The van der Waals surface area contributed by atoms with Crippen molar-refractivity contribution in [2.45, 2.75) is 12.5 Å². The van der Waals surface area contributed by atoms with Crippen molar-refractivity contribution in [2.75, 3.05) is 7.11 Å². The Bertz CT molecular complexity index is 540. The van der Waals surface area contributed by atoms with E-state index in [9.17, 15) is 9.59 Å². The number of esters is 1. The molecule has 0 bridgehead atoms. The van der Waals surface area contributed by atoms with Crippen LogP contribution >= 0.6 is 11.6 Å². The number of rotatable bonds is 6. The molecule has 1 N–H and O–H groups in total. The zero-order valence-corrected chi connectivity index (χ0v) is 12.1. The molecule has 0 saturated carbocycles. The van der Waals surface area contributed by atoms with E-state index in [4.69, 9.17) is 26.2 Å². The predicted molar refractivity (Wildman–Crippen MR) is 78.6 cm³/mol. The van der Waals surface area contributed by atoms with Crippen LogP contribution < -0.4 is 0 Å². The Labute approximate surface area is 127 Å². The summed E-state index contributed by atoms with van der Waals surface area (Å²) in [6.07, 6.45) is 12.7. The van der Waals surface area contributed by atoms with Gasteiger partial charge in [-0.25, -0.2) is 9.59 Å². The fraction of sp³-hybridized carbons (Fsp3) is 0.200. The molecule has 0 fully saturated rings. The highest BCUT2D eigenvalue weighted by atomic mass is 35.5. The van der Waals surface area contributed by atoms with Gasteiger partial charge < -0.3 is 14.6 Å². The Morgan fingerprint density at radius 2 is 2.05 bits per heavy atom. The molecule has 1 heterocycles. The number of carboxylic acid groups (broad SMARTS) is 1. The van der Waals surface area contributed by atoms with E-state index in [0.717, 1.165) is 0 Å². The van der Waals surface area contributed by atoms with E-state index in [1.165, 1.54) is 25.3 Å². The molecular formula is C15H15ClO5. The molecule has 0 aromatic carbocycles. The van der Waals surface area contributed by atoms with E-state index in [2.05, 4.69) is 0 Å². The molecule has 0 unspecified atom stereocenters. The number of allylic oxidation sites excluding steroid dienone is 6. The number of cyclic esters (lactones) is 1. The Hall–Kier alpha value is -2.27. The number of carbonyl (C=O) groups is 2. The second-order valence-electron chi connectivity index (χ2n) is 3.97. The average molecular weight is 311 g/mol. The van der Waals surface area contributed by atoms with Gasteiger partial charge in [0.1, 0.15) is 16.9 Å². The molecule has 6 heteroatoms. The third-order valence-corrected chi connectivity index (χ3v) is 2.72. The minimum atomic E-state index is -1.17. The highest BCUT2D eigenvalue weighted by Gasteiger charge is 2.19. The smallest absolute Gasteiger partial charge is 0.347 e. The van der Waals surface area contributed by atoms with Crippen LogP contribution in [0, 0.1) is 0 Å². The van der Waals surface area contributed by atoms with Crippen LogP contribution in [0.5, 0.6) is 0 Å². The predicted octanol–water partition coefficient (Wildman–Crippen LogP) is 2.71. The molecule has 0 spiro atoms. The lowest BCUT2D eigenvalue weighted by Crippen LogP contribution is -2.21. The number of hydrogen-bond acceptors (Lipinski definition) is 4. The van der Waals surface area contributed by atoms with Crippen molar-refractivity contribution in [3.05, 3.63) is 59.4 Å². The van der Waals surface area contributed by atoms with E-state index < -0.39 is 11.9 Å². The number of hydrogen-bond donors (Lipinski definition) is 1. The summed E-state index contributed by atoms with van der Waals surface area (Å²) in [4.78, 5) is 21.6. The summed E-state index contributed by atoms with van der Waals surface area (Å²) in [6.45, 7) is 0. The lowest BCUT2D eigenvalue weighted by atomic mass is 10.1. The van der Waals surface area contributed by atoms with Crippen LogP contribution in [0.25, 0.3) is 0 Å². The Morgan fingerprint density at radius 1 is 1.38 bits per heavy atom. The van der Waals surface area contributed by atoms with Crippen LogP contribution in [-0.2, 0) is 19.1 Å². The monoisotopic (exact) mass is 310 g/mol. The molecule has 0 radical (unpaired) electrons. The molecule has 0 amide bonds. The zero-order valence-electron chi connectivity index (χ0n) is 11.4. The highest BCUT2D eigenvalue weighted by molar-refractivity contribution is 6.41. The molecule has 0 saturated heterocycles. The van der Waals surface area contributed by atoms with Crippen LogP contribution in [0.15, 0.2) is 59.4 Å². The quantitative estimate of drug-likeness (QED) is 0.464. The molecule has 0 aliphatic carbocycles. The van der Waals surface area contributed by atoms with Crippen molar-refractivity contribution in [3.63, 3.8) is 0 Å². The first-order valence-electron chi connectivity index (χ1n) is 6.08. The fourth-order valence-corrected chi connectivity index (χ4v) is 1.53. The van der Waals surface area contributed by atoms with Crippen molar-refractivity contribution < 1.29 is 24.2 Å². The van der Waals surface area contributed by atoms with E-state index in [1.807, 2.05) is 0 Å². The van der Waals surface area contributed by atoms with Crippen molar-refractivity contribution in [3.8, 4) is 0 Å². The number of methoxy groups -OCH3 is 1. The third-order valence-electron chi connectivity index (χ3n) is 2.43. The van der Waals surface area contributed by atoms with Gasteiger partial charge in [-0.05, 0) is 12.2 Å². The van der Waals surface area contributed by atoms with E-state index in [-0.39, 0.29) is 11.1 Å². The van der Waals surface area contributed by atoms with Crippen LogP contribution in [0.2, 0.25) is 0 Å². The number of carbonyl (C=O) groups excluding carboxylic acids is 1. The topological polar surface area (TPSA) is 72.8 Å². The summed E-state index contributed by atoms with van der Waals surface area (Å²) in [6, 6.07) is 0. The van der Waals surface area contributed by atoms with E-state index >= 15 is 0 Å². The van der Waals surface area contributed by atoms with E-state index in [0.29, 0.717) is 12.2 Å². The fourth-order valence-electron chi connectivity index (χ4n) is 1.45. The van der Waals surface area contributed by atoms with Crippen LogP contribution in [0.1, 0.15) is 6.42 Å². The summed E-state index contributed by atoms with van der Waals surface area (Å²) in [7, 11) is 1.51. The van der Waals surface area contributed by atoms with E-state index in [1.54, 1.807) is 30.4 Å². The molecule has 21 heavy (non-hydrogen) atoms. The molecule has 1 aliphatic heterocycles. The molecule has 1 aliphatic rings. The maximum atomic E-state index is 11.2. The first kappa shape index (κ1) is 16.8. The molecule has 112 valence electrons. The van der Waals surface area contributed by atoms with Gasteiger partial charge in [0, 0.05) is 6.42 Å². The number of halogens is 1. The van der Waals surface area contributed by atoms with Crippen molar-refractivity contribution in [1.82, 2.24) is 0 Å². The van der Waals surface area contributed by atoms with Gasteiger partial charge in [0.2, 0.25) is 0 Å². The van der Waals surface area contributed by atoms with Gasteiger partial charge in [-0.3, -0.25) is 0 Å². The van der Waals surface area contributed by atoms with Crippen LogP contribution in [0.3, 0.4) is 0 Å². The Morgan fingerprint density at radius 3 is 2.71 bits per heavy atom. The van der Waals surface area contributed by atoms with Crippen molar-refractivity contribution in [1.29, 1.82) is 0 Å². The molecular weight excluding hydrogens is 296 g/mol. The Kier molecular flexibility index (Phi) is 7.04. The van der Waals surface area contributed by atoms with Gasteiger partial charge in [0.15, 0.2) is 0 Å². The third kappa shape index (κ3) is 6.63. The van der Waals surface area contributed by atoms with Gasteiger partial charge in [-0.15, -0.1) is 0 Å². The first-order valence-corrected chi connectivity index (χ1v) is 6.46. The van der Waals surface area contributed by atoms with Gasteiger partial charge in [0.05, 0.1) is 13.2 Å². The summed E-state index contributed by atoms with van der Waals surface area (Å²) < 4.78 is 10.1. The van der Waals surface area contributed by atoms with Crippen molar-refractivity contribution in [2.24, 2.45) is 0 Å². The second-order valence-corrected chi connectivity index (χ2v) is 4.38. The summed E-state index contributed by atoms with van der Waals surface area (Å²) in [5.41, 5.74) is 0. The standard InChI is InChI=1S/C15H15ClO5/c1-20-12-9-11(21-14(17)10-12)7-5-3-2-4-6-8-13(16)15(18)19/h2-8,10-11H,9H2,1H3,(H,18,19)/b3-2+,6-4+,7-5+,13-8-/t11-/m1/s1. The van der Waals surface area contributed by atoms with Crippen LogP contribution in [-0.4, -0.2) is 30.3 Å². The second kappa shape index (κ2) is 8.81. The number of aliphatic carboxylic acids is 1. The first-order chi connectivity index (χ1) is 10.0. The molecule has 0 aromatic heterocycles. The summed E-state index contributed by atoms with van der Waals surface area (Å²) in [5.74, 6) is -1.02. The average Bonchev–Trinajstić information content (AvgIpc) is 2.45. The minimum absolute atomic E-state index is 0.261. The van der Waals surface area contributed by atoms with Crippen molar-refractivity contribution >= 4 is 23.5 Å². The number of carboxylic acids is 1.